The zero-order chi connectivity index (χ0) is 21.5. The Morgan fingerprint density at radius 3 is 2.27 bits per heavy atom. The smallest absolute Gasteiger partial charge is 0.258 e. The standard InChI is InChI=1S/C21H20N2O6S/c1-29-15-4-2-13(3-5-15)19(24)14-8-10-23(11-9-14)30(27,28)16-6-7-17-18(12-16)21(26)22-20(17)25/h2-7,12,14H,8-11H2,1H3,(H,22,25,26). The zero-order valence-corrected chi connectivity index (χ0v) is 17.1. The summed E-state index contributed by atoms with van der Waals surface area (Å²) in [5.41, 5.74) is 0.805. The quantitative estimate of drug-likeness (QED) is 0.575. The molecule has 2 amide bonds. The molecule has 4 rings (SSSR count). The van der Waals surface area contributed by atoms with E-state index in [1.165, 1.54) is 22.5 Å². The molecular weight excluding hydrogens is 408 g/mol. The highest BCUT2D eigenvalue weighted by Gasteiger charge is 2.34. The average Bonchev–Trinajstić information content (AvgIpc) is 3.06. The van der Waals surface area contributed by atoms with Gasteiger partial charge in [-0.15, -0.1) is 0 Å². The molecule has 9 heteroatoms. The van der Waals surface area contributed by atoms with Crippen molar-refractivity contribution in [2.45, 2.75) is 17.7 Å². The maximum absolute atomic E-state index is 13.0. The molecule has 2 aliphatic rings. The molecule has 2 heterocycles. The SMILES string of the molecule is COc1ccc(C(=O)C2CCN(S(=O)(=O)c3ccc4c(c3)C(=O)NC4=O)CC2)cc1. The number of amides is 2. The number of rotatable bonds is 5. The van der Waals surface area contributed by atoms with Gasteiger partial charge in [0.1, 0.15) is 5.75 Å². The number of hydrogen-bond acceptors (Lipinski definition) is 6. The van der Waals surface area contributed by atoms with Crippen LogP contribution in [0.4, 0.5) is 0 Å². The van der Waals surface area contributed by atoms with Crippen molar-refractivity contribution < 1.29 is 27.5 Å². The average molecular weight is 428 g/mol. The molecule has 30 heavy (non-hydrogen) atoms. The Balaban J connectivity index is 1.47. The Morgan fingerprint density at radius 2 is 1.63 bits per heavy atom. The number of imide groups is 1. The fraction of sp³-hybridized carbons (Fsp3) is 0.286. The van der Waals surface area contributed by atoms with Gasteiger partial charge in [-0.1, -0.05) is 0 Å². The van der Waals surface area contributed by atoms with Crippen LogP contribution >= 0.6 is 0 Å². The summed E-state index contributed by atoms with van der Waals surface area (Å²) in [4.78, 5) is 36.2. The minimum atomic E-state index is -3.83. The number of sulfonamides is 1. The van der Waals surface area contributed by atoms with Crippen LogP contribution in [0.1, 0.15) is 43.9 Å². The second-order valence-electron chi connectivity index (χ2n) is 7.26. The van der Waals surface area contributed by atoms with E-state index < -0.39 is 21.8 Å². The number of benzene rings is 2. The van der Waals surface area contributed by atoms with Crippen molar-refractivity contribution in [3.8, 4) is 5.75 Å². The molecule has 8 nitrogen and oxygen atoms in total. The van der Waals surface area contributed by atoms with Gasteiger partial charge < -0.3 is 4.74 Å². The molecule has 1 N–H and O–H groups in total. The van der Waals surface area contributed by atoms with E-state index >= 15 is 0 Å². The highest BCUT2D eigenvalue weighted by Crippen LogP contribution is 2.28. The first-order valence-corrected chi connectivity index (χ1v) is 10.9. The van der Waals surface area contributed by atoms with Crippen LogP contribution in [0.2, 0.25) is 0 Å². The predicted octanol–water partition coefficient (Wildman–Crippen LogP) is 1.86. The van der Waals surface area contributed by atoms with Gasteiger partial charge in [-0.2, -0.15) is 4.31 Å². The van der Waals surface area contributed by atoms with Gasteiger partial charge in [0.15, 0.2) is 5.78 Å². The highest BCUT2D eigenvalue weighted by atomic mass is 32.2. The third kappa shape index (κ3) is 3.50. The maximum atomic E-state index is 13.0. The fourth-order valence-corrected chi connectivity index (χ4v) is 5.30. The number of piperidine rings is 1. The minimum absolute atomic E-state index is 0.0117. The van der Waals surface area contributed by atoms with Crippen molar-refractivity contribution in [1.82, 2.24) is 9.62 Å². The summed E-state index contributed by atoms with van der Waals surface area (Å²) in [5.74, 6) is -0.736. The monoisotopic (exact) mass is 428 g/mol. The Bertz CT molecular complexity index is 1130. The van der Waals surface area contributed by atoms with Crippen molar-refractivity contribution in [2.75, 3.05) is 20.2 Å². The molecule has 2 aliphatic heterocycles. The van der Waals surface area contributed by atoms with E-state index in [4.69, 9.17) is 4.74 Å². The first-order chi connectivity index (χ1) is 14.3. The molecule has 0 bridgehead atoms. The number of Topliss-reactive ketones (excluding diaryl/α,β-unsaturated/α-hetero) is 1. The van der Waals surface area contributed by atoms with E-state index in [9.17, 15) is 22.8 Å². The molecule has 0 atom stereocenters. The van der Waals surface area contributed by atoms with E-state index in [0.717, 1.165) is 0 Å². The van der Waals surface area contributed by atoms with Crippen molar-refractivity contribution in [2.24, 2.45) is 5.92 Å². The molecule has 0 radical (unpaired) electrons. The molecule has 156 valence electrons. The van der Waals surface area contributed by atoms with Crippen LogP contribution in [-0.2, 0) is 10.0 Å². The Kier molecular flexibility index (Phi) is 5.17. The molecule has 1 saturated heterocycles. The Labute approximate surface area is 173 Å². The number of methoxy groups -OCH3 is 1. The zero-order valence-electron chi connectivity index (χ0n) is 16.3. The lowest BCUT2D eigenvalue weighted by molar-refractivity contribution is 0.0866. The van der Waals surface area contributed by atoms with Crippen molar-refractivity contribution in [3.05, 3.63) is 59.2 Å². The Hall–Kier alpha value is -3.04. The number of carbonyl (C=O) groups excluding carboxylic acids is 3. The van der Waals surface area contributed by atoms with Gasteiger partial charge in [0, 0.05) is 24.6 Å². The second kappa shape index (κ2) is 7.66. The summed E-state index contributed by atoms with van der Waals surface area (Å²) in [6.07, 6.45) is 0.821. The van der Waals surface area contributed by atoms with Crippen molar-refractivity contribution >= 4 is 27.6 Å². The predicted molar refractivity (Wildman–Crippen MR) is 107 cm³/mol. The van der Waals surface area contributed by atoms with Crippen molar-refractivity contribution in [1.29, 1.82) is 0 Å². The van der Waals surface area contributed by atoms with E-state index in [-0.39, 0.29) is 40.8 Å². The molecule has 0 saturated carbocycles. The molecule has 2 aromatic rings. The summed E-state index contributed by atoms with van der Waals surface area (Å²) < 4.78 is 32.4. The van der Waals surface area contributed by atoms with Gasteiger partial charge in [0.25, 0.3) is 11.8 Å². The van der Waals surface area contributed by atoms with Gasteiger partial charge in [-0.05, 0) is 55.3 Å². The van der Waals surface area contributed by atoms with Gasteiger partial charge in [0.2, 0.25) is 10.0 Å². The number of ketones is 1. The van der Waals surface area contributed by atoms with Gasteiger partial charge >= 0.3 is 0 Å². The van der Waals surface area contributed by atoms with Crippen LogP contribution in [-0.4, -0.2) is 50.5 Å². The normalized spacial score (nSPS) is 17.5. The maximum Gasteiger partial charge on any atom is 0.258 e. The van der Waals surface area contributed by atoms with E-state index in [1.54, 1.807) is 31.4 Å². The van der Waals surface area contributed by atoms with Crippen LogP contribution in [0.3, 0.4) is 0 Å². The lowest BCUT2D eigenvalue weighted by atomic mass is 9.89. The van der Waals surface area contributed by atoms with E-state index in [0.29, 0.717) is 24.2 Å². The lowest BCUT2D eigenvalue weighted by Crippen LogP contribution is -2.40. The number of nitrogens with one attached hydrogen (secondary N) is 1. The number of ether oxygens (including phenoxy) is 1. The van der Waals surface area contributed by atoms with Gasteiger partial charge in [-0.25, -0.2) is 8.42 Å². The molecule has 1 fully saturated rings. The number of fused-ring (bicyclic) bond motifs is 1. The van der Waals surface area contributed by atoms with E-state index in [2.05, 4.69) is 5.32 Å². The first kappa shape index (κ1) is 20.2. The molecular formula is C21H20N2O6S. The van der Waals surface area contributed by atoms with Crippen LogP contribution in [0.5, 0.6) is 5.75 Å². The summed E-state index contributed by atoms with van der Waals surface area (Å²) in [6.45, 7) is 0.411. The van der Waals surface area contributed by atoms with E-state index in [1.807, 2.05) is 0 Å². The highest BCUT2D eigenvalue weighted by molar-refractivity contribution is 7.89. The summed E-state index contributed by atoms with van der Waals surface area (Å²) >= 11 is 0. The molecule has 0 unspecified atom stereocenters. The molecule has 0 aliphatic carbocycles. The summed E-state index contributed by atoms with van der Waals surface area (Å²) in [6, 6.07) is 10.8. The third-order valence-corrected chi connectivity index (χ3v) is 7.44. The topological polar surface area (TPSA) is 110 Å². The molecule has 2 aromatic carbocycles. The van der Waals surface area contributed by atoms with Crippen LogP contribution in [0, 0.1) is 5.92 Å². The third-order valence-electron chi connectivity index (χ3n) is 5.54. The number of hydrogen-bond donors (Lipinski definition) is 1. The van der Waals surface area contributed by atoms with Crippen LogP contribution < -0.4 is 10.1 Å². The van der Waals surface area contributed by atoms with Crippen LogP contribution in [0.25, 0.3) is 0 Å². The van der Waals surface area contributed by atoms with Crippen LogP contribution in [0.15, 0.2) is 47.4 Å². The largest absolute Gasteiger partial charge is 0.497 e. The first-order valence-electron chi connectivity index (χ1n) is 9.49. The fourth-order valence-electron chi connectivity index (χ4n) is 3.81. The van der Waals surface area contributed by atoms with Gasteiger partial charge in [0.05, 0.1) is 23.1 Å². The van der Waals surface area contributed by atoms with Crippen molar-refractivity contribution in [3.63, 3.8) is 0 Å². The summed E-state index contributed by atoms with van der Waals surface area (Å²) in [5, 5.41) is 2.15. The van der Waals surface area contributed by atoms with Gasteiger partial charge in [-0.3, -0.25) is 19.7 Å². The molecule has 0 spiro atoms. The number of carbonyl (C=O) groups is 3. The second-order valence-corrected chi connectivity index (χ2v) is 9.20. The Morgan fingerprint density at radius 1 is 1.00 bits per heavy atom. The lowest BCUT2D eigenvalue weighted by Gasteiger charge is -2.30. The number of nitrogens with zero attached hydrogens (tertiary/aromatic N) is 1. The summed E-state index contributed by atoms with van der Waals surface area (Å²) in [7, 11) is -2.28. The minimum Gasteiger partial charge on any atom is -0.497 e. The molecule has 0 aromatic heterocycles.